The largest absolute Gasteiger partial charge is 0.376 e. The van der Waals surface area contributed by atoms with Crippen molar-refractivity contribution in [2.24, 2.45) is 0 Å². The van der Waals surface area contributed by atoms with Crippen LogP contribution in [0.3, 0.4) is 0 Å². The second-order valence-electron chi connectivity index (χ2n) is 4.48. The van der Waals surface area contributed by atoms with Crippen molar-refractivity contribution in [2.45, 2.75) is 50.8 Å². The smallest absolute Gasteiger partial charge is 0.237 e. The standard InChI is InChI=1S/C11H20N2O2.ClH/c1-8-9(5-7-15-8)13-11(14)10-4-2-3-6-12-10;/h8-10,12H,2-7H2,1H3,(H,13,14);1H/t8?,9?,10-;/m0./s1. The highest BCUT2D eigenvalue weighted by atomic mass is 35.5. The first-order valence-electron chi connectivity index (χ1n) is 5.93. The molecule has 5 heteroatoms. The van der Waals surface area contributed by atoms with Crippen LogP contribution in [0.1, 0.15) is 32.6 Å². The van der Waals surface area contributed by atoms with Crippen molar-refractivity contribution in [3.63, 3.8) is 0 Å². The summed E-state index contributed by atoms with van der Waals surface area (Å²) in [6.45, 7) is 3.76. The molecular formula is C11H21ClN2O2. The molecule has 0 aromatic rings. The van der Waals surface area contributed by atoms with E-state index in [2.05, 4.69) is 10.6 Å². The second kappa shape index (κ2) is 6.42. The van der Waals surface area contributed by atoms with Gasteiger partial charge in [0.1, 0.15) is 0 Å². The average molecular weight is 249 g/mol. The highest BCUT2D eigenvalue weighted by molar-refractivity contribution is 5.85. The molecule has 94 valence electrons. The van der Waals surface area contributed by atoms with Gasteiger partial charge in [0.25, 0.3) is 0 Å². The van der Waals surface area contributed by atoms with Crippen molar-refractivity contribution in [1.82, 2.24) is 10.6 Å². The van der Waals surface area contributed by atoms with Crippen molar-refractivity contribution in [3.05, 3.63) is 0 Å². The molecule has 3 atom stereocenters. The zero-order valence-electron chi connectivity index (χ0n) is 9.70. The summed E-state index contributed by atoms with van der Waals surface area (Å²) in [6, 6.07) is 0.229. The van der Waals surface area contributed by atoms with Crippen molar-refractivity contribution in [1.29, 1.82) is 0 Å². The van der Waals surface area contributed by atoms with Gasteiger partial charge in [-0.15, -0.1) is 12.4 Å². The first kappa shape index (κ1) is 13.7. The van der Waals surface area contributed by atoms with E-state index in [-0.39, 0.29) is 36.5 Å². The van der Waals surface area contributed by atoms with E-state index in [9.17, 15) is 4.79 Å². The lowest BCUT2D eigenvalue weighted by atomic mass is 10.0. The third-order valence-corrected chi connectivity index (χ3v) is 3.33. The summed E-state index contributed by atoms with van der Waals surface area (Å²) in [7, 11) is 0. The van der Waals surface area contributed by atoms with E-state index in [1.165, 1.54) is 6.42 Å². The molecule has 0 spiro atoms. The van der Waals surface area contributed by atoms with Crippen LogP contribution in [0.4, 0.5) is 0 Å². The SMILES string of the molecule is CC1OCCC1NC(=O)[C@@H]1CCCCN1.Cl. The van der Waals surface area contributed by atoms with Gasteiger partial charge in [-0.05, 0) is 32.7 Å². The molecule has 2 N–H and O–H groups in total. The van der Waals surface area contributed by atoms with Crippen LogP contribution in [0.15, 0.2) is 0 Å². The third kappa shape index (κ3) is 3.34. The molecular weight excluding hydrogens is 228 g/mol. The van der Waals surface area contributed by atoms with Crippen molar-refractivity contribution in [3.8, 4) is 0 Å². The summed E-state index contributed by atoms with van der Waals surface area (Å²) in [6.07, 6.45) is 4.42. The van der Waals surface area contributed by atoms with Crippen molar-refractivity contribution in [2.75, 3.05) is 13.2 Å². The van der Waals surface area contributed by atoms with Gasteiger partial charge in [-0.25, -0.2) is 0 Å². The summed E-state index contributed by atoms with van der Waals surface area (Å²) in [5, 5.41) is 6.33. The van der Waals surface area contributed by atoms with Crippen LogP contribution in [-0.4, -0.2) is 37.2 Å². The van der Waals surface area contributed by atoms with Gasteiger partial charge in [0.15, 0.2) is 0 Å². The van der Waals surface area contributed by atoms with Crippen LogP contribution in [0.2, 0.25) is 0 Å². The van der Waals surface area contributed by atoms with E-state index in [0.717, 1.165) is 32.4 Å². The number of carbonyl (C=O) groups excluding carboxylic acids is 1. The number of amides is 1. The molecule has 2 saturated heterocycles. The Morgan fingerprint density at radius 1 is 1.38 bits per heavy atom. The van der Waals surface area contributed by atoms with Crippen molar-refractivity contribution < 1.29 is 9.53 Å². The average Bonchev–Trinajstić information content (AvgIpc) is 2.66. The Morgan fingerprint density at radius 2 is 2.19 bits per heavy atom. The Kier molecular flexibility index (Phi) is 5.52. The summed E-state index contributed by atoms with van der Waals surface area (Å²) < 4.78 is 5.42. The topological polar surface area (TPSA) is 50.4 Å². The molecule has 0 bridgehead atoms. The fourth-order valence-corrected chi connectivity index (χ4v) is 2.28. The minimum Gasteiger partial charge on any atom is -0.376 e. The van der Waals surface area contributed by atoms with Gasteiger partial charge in [0.2, 0.25) is 5.91 Å². The van der Waals surface area contributed by atoms with Gasteiger partial charge in [0, 0.05) is 6.61 Å². The molecule has 2 rings (SSSR count). The van der Waals surface area contributed by atoms with E-state index < -0.39 is 0 Å². The van der Waals surface area contributed by atoms with Gasteiger partial charge in [-0.1, -0.05) is 6.42 Å². The molecule has 16 heavy (non-hydrogen) atoms. The predicted octanol–water partition coefficient (Wildman–Crippen LogP) is 0.844. The number of halogens is 1. The quantitative estimate of drug-likeness (QED) is 0.762. The molecule has 2 heterocycles. The zero-order valence-corrected chi connectivity index (χ0v) is 10.5. The van der Waals surface area contributed by atoms with E-state index >= 15 is 0 Å². The summed E-state index contributed by atoms with van der Waals surface area (Å²) >= 11 is 0. The highest BCUT2D eigenvalue weighted by Crippen LogP contribution is 2.14. The lowest BCUT2D eigenvalue weighted by Gasteiger charge is -2.25. The van der Waals surface area contributed by atoms with Gasteiger partial charge >= 0.3 is 0 Å². The Bertz CT molecular complexity index is 232. The molecule has 2 unspecified atom stereocenters. The fraction of sp³-hybridized carbons (Fsp3) is 0.909. The second-order valence-corrected chi connectivity index (χ2v) is 4.48. The monoisotopic (exact) mass is 248 g/mol. The Labute approximate surface area is 103 Å². The Balaban J connectivity index is 0.00000128. The maximum atomic E-state index is 11.9. The lowest BCUT2D eigenvalue weighted by Crippen LogP contribution is -2.51. The van der Waals surface area contributed by atoms with E-state index in [0.29, 0.717) is 0 Å². The summed E-state index contributed by atoms with van der Waals surface area (Å²) in [5.41, 5.74) is 0. The summed E-state index contributed by atoms with van der Waals surface area (Å²) in [4.78, 5) is 11.9. The predicted molar refractivity (Wildman–Crippen MR) is 64.9 cm³/mol. The van der Waals surface area contributed by atoms with Gasteiger partial charge < -0.3 is 15.4 Å². The van der Waals surface area contributed by atoms with E-state index in [4.69, 9.17) is 4.74 Å². The first-order chi connectivity index (χ1) is 7.27. The Morgan fingerprint density at radius 3 is 2.75 bits per heavy atom. The molecule has 1 amide bonds. The third-order valence-electron chi connectivity index (χ3n) is 3.33. The molecule has 0 aromatic carbocycles. The number of carbonyl (C=O) groups is 1. The minimum absolute atomic E-state index is 0. The van der Waals surface area contributed by atoms with E-state index in [1.807, 2.05) is 6.92 Å². The fourth-order valence-electron chi connectivity index (χ4n) is 2.28. The lowest BCUT2D eigenvalue weighted by molar-refractivity contribution is -0.124. The number of ether oxygens (including phenoxy) is 1. The maximum Gasteiger partial charge on any atom is 0.237 e. The van der Waals surface area contributed by atoms with Crippen LogP contribution >= 0.6 is 12.4 Å². The van der Waals surface area contributed by atoms with Crippen LogP contribution in [0, 0.1) is 0 Å². The number of nitrogens with one attached hydrogen (secondary N) is 2. The normalized spacial score (nSPS) is 34.2. The molecule has 4 nitrogen and oxygen atoms in total. The van der Waals surface area contributed by atoms with Crippen LogP contribution < -0.4 is 10.6 Å². The number of hydrogen-bond acceptors (Lipinski definition) is 3. The zero-order chi connectivity index (χ0) is 10.7. The molecule has 0 radical (unpaired) electrons. The van der Waals surface area contributed by atoms with Gasteiger partial charge in [0.05, 0.1) is 18.2 Å². The minimum atomic E-state index is 0. The summed E-state index contributed by atoms with van der Waals surface area (Å²) in [5.74, 6) is 0.150. The first-order valence-corrected chi connectivity index (χ1v) is 5.93. The van der Waals surface area contributed by atoms with Crippen LogP contribution in [0.25, 0.3) is 0 Å². The molecule has 0 aromatic heterocycles. The van der Waals surface area contributed by atoms with Gasteiger partial charge in [-0.2, -0.15) is 0 Å². The van der Waals surface area contributed by atoms with Gasteiger partial charge in [-0.3, -0.25) is 4.79 Å². The van der Waals surface area contributed by atoms with Crippen LogP contribution in [-0.2, 0) is 9.53 Å². The molecule has 2 aliphatic heterocycles. The molecule has 0 saturated carbocycles. The molecule has 2 fully saturated rings. The highest BCUT2D eigenvalue weighted by Gasteiger charge is 2.28. The number of piperidine rings is 1. The maximum absolute atomic E-state index is 11.9. The van der Waals surface area contributed by atoms with E-state index in [1.54, 1.807) is 0 Å². The van der Waals surface area contributed by atoms with Crippen molar-refractivity contribution >= 4 is 18.3 Å². The van der Waals surface area contributed by atoms with Crippen LogP contribution in [0.5, 0.6) is 0 Å². The number of hydrogen-bond donors (Lipinski definition) is 2. The number of rotatable bonds is 2. The molecule has 0 aliphatic carbocycles. The Hall–Kier alpha value is -0.320. The molecule has 2 aliphatic rings.